The number of carboxylic acid groups (broad SMARTS) is 1. The molecule has 1 amide bonds. The summed E-state index contributed by atoms with van der Waals surface area (Å²) in [7, 11) is 0. The highest BCUT2D eigenvalue weighted by Crippen LogP contribution is 2.32. The van der Waals surface area contributed by atoms with Gasteiger partial charge in [-0.3, -0.25) is 9.59 Å². The molecule has 2 rings (SSSR count). The topological polar surface area (TPSA) is 66.4 Å². The number of halogens is 2. The lowest BCUT2D eigenvalue weighted by atomic mass is 9.93. The van der Waals surface area contributed by atoms with E-state index >= 15 is 0 Å². The molecule has 0 heterocycles. The van der Waals surface area contributed by atoms with Gasteiger partial charge in [0.1, 0.15) is 0 Å². The zero-order valence-corrected chi connectivity index (χ0v) is 13.7. The van der Waals surface area contributed by atoms with Crippen LogP contribution in [0.1, 0.15) is 44.1 Å². The van der Waals surface area contributed by atoms with Crippen LogP contribution in [0.15, 0.2) is 18.2 Å². The van der Waals surface area contributed by atoms with Gasteiger partial charge in [0.15, 0.2) is 0 Å². The van der Waals surface area contributed by atoms with Gasteiger partial charge < -0.3 is 10.4 Å². The molecule has 2 N–H and O–H groups in total. The Labute approximate surface area is 139 Å². The van der Waals surface area contributed by atoms with Crippen molar-refractivity contribution in [3.8, 4) is 0 Å². The predicted molar refractivity (Wildman–Crippen MR) is 86.4 cm³/mol. The minimum atomic E-state index is -0.869. The smallest absolute Gasteiger partial charge is 0.305 e. The zero-order valence-electron chi connectivity index (χ0n) is 12.2. The van der Waals surface area contributed by atoms with E-state index in [0.717, 1.165) is 31.2 Å². The van der Waals surface area contributed by atoms with Crippen molar-refractivity contribution >= 4 is 35.1 Å². The number of benzene rings is 1. The molecule has 0 aromatic heterocycles. The monoisotopic (exact) mass is 343 g/mol. The van der Waals surface area contributed by atoms with Crippen LogP contribution < -0.4 is 5.32 Å². The van der Waals surface area contributed by atoms with Gasteiger partial charge in [-0.2, -0.15) is 0 Å². The molecule has 1 aromatic rings. The average Bonchev–Trinajstić information content (AvgIpc) is 2.87. The first-order chi connectivity index (χ1) is 10.4. The summed E-state index contributed by atoms with van der Waals surface area (Å²) in [6.45, 7) is 0. The number of hydrogen-bond donors (Lipinski definition) is 2. The fraction of sp³-hybridized carbons (Fsp3) is 0.500. The second-order valence-electron chi connectivity index (χ2n) is 5.85. The van der Waals surface area contributed by atoms with Crippen molar-refractivity contribution in [2.24, 2.45) is 0 Å². The number of aryl methyl sites for hydroxylation is 1. The van der Waals surface area contributed by atoms with E-state index in [4.69, 9.17) is 28.3 Å². The quantitative estimate of drug-likeness (QED) is 0.824. The minimum absolute atomic E-state index is 0.00842. The lowest BCUT2D eigenvalue weighted by molar-refractivity contribution is -0.139. The van der Waals surface area contributed by atoms with Crippen LogP contribution in [0.5, 0.6) is 0 Å². The van der Waals surface area contributed by atoms with E-state index in [0.29, 0.717) is 22.9 Å². The third-order valence-corrected chi connectivity index (χ3v) is 4.82. The van der Waals surface area contributed by atoms with Crippen LogP contribution in [-0.2, 0) is 16.0 Å². The van der Waals surface area contributed by atoms with Crippen LogP contribution in [0.4, 0.5) is 0 Å². The molecule has 0 bridgehead atoms. The van der Waals surface area contributed by atoms with E-state index in [9.17, 15) is 9.59 Å². The molecule has 1 aromatic carbocycles. The number of carbonyl (C=O) groups excluding carboxylic acids is 1. The van der Waals surface area contributed by atoms with Crippen LogP contribution in [0.3, 0.4) is 0 Å². The molecule has 0 saturated heterocycles. The Bertz CT molecular complexity index is 569. The Balaban J connectivity index is 1.91. The minimum Gasteiger partial charge on any atom is -0.481 e. The predicted octanol–water partition coefficient (Wildman–Crippen LogP) is 3.83. The molecule has 120 valence electrons. The highest BCUT2D eigenvalue weighted by molar-refractivity contribution is 6.42. The molecule has 1 fully saturated rings. The number of carbonyl (C=O) groups is 2. The molecule has 1 aliphatic carbocycles. The Hall–Kier alpha value is -1.26. The second-order valence-corrected chi connectivity index (χ2v) is 6.67. The Morgan fingerprint density at radius 1 is 1.18 bits per heavy atom. The molecule has 0 radical (unpaired) electrons. The van der Waals surface area contributed by atoms with E-state index in [1.54, 1.807) is 12.1 Å². The van der Waals surface area contributed by atoms with Gasteiger partial charge in [-0.1, -0.05) is 42.1 Å². The van der Waals surface area contributed by atoms with Gasteiger partial charge in [-0.15, -0.1) is 0 Å². The number of rotatable bonds is 6. The zero-order chi connectivity index (χ0) is 16.2. The van der Waals surface area contributed by atoms with Crippen molar-refractivity contribution in [3.05, 3.63) is 33.8 Å². The van der Waals surface area contributed by atoms with E-state index < -0.39 is 11.5 Å². The molecule has 4 nitrogen and oxygen atoms in total. The Morgan fingerprint density at radius 2 is 1.86 bits per heavy atom. The van der Waals surface area contributed by atoms with E-state index in [-0.39, 0.29) is 12.3 Å². The van der Waals surface area contributed by atoms with Crippen LogP contribution >= 0.6 is 23.2 Å². The van der Waals surface area contributed by atoms with Crippen molar-refractivity contribution in [2.75, 3.05) is 0 Å². The summed E-state index contributed by atoms with van der Waals surface area (Å²) in [5.74, 6) is -0.985. The fourth-order valence-corrected chi connectivity index (χ4v) is 3.32. The molecule has 0 aliphatic heterocycles. The highest BCUT2D eigenvalue weighted by Gasteiger charge is 2.37. The molecule has 0 spiro atoms. The summed E-state index contributed by atoms with van der Waals surface area (Å²) in [6, 6.07) is 5.30. The number of hydrogen-bond acceptors (Lipinski definition) is 2. The molecule has 1 saturated carbocycles. The number of nitrogens with one attached hydrogen (secondary N) is 1. The van der Waals surface area contributed by atoms with E-state index in [2.05, 4.69) is 5.32 Å². The van der Waals surface area contributed by atoms with Crippen LogP contribution in [0.25, 0.3) is 0 Å². The summed E-state index contributed by atoms with van der Waals surface area (Å²) < 4.78 is 0. The van der Waals surface area contributed by atoms with E-state index in [1.165, 1.54) is 0 Å². The SMILES string of the molecule is O=C(O)CC1(NC(=O)CCc2ccc(Cl)c(Cl)c2)CCCC1. The second kappa shape index (κ2) is 7.34. The van der Waals surface area contributed by atoms with Gasteiger partial charge in [0, 0.05) is 6.42 Å². The van der Waals surface area contributed by atoms with Crippen LogP contribution in [-0.4, -0.2) is 22.5 Å². The molecular weight excluding hydrogens is 325 g/mol. The maximum Gasteiger partial charge on any atom is 0.305 e. The first-order valence-electron chi connectivity index (χ1n) is 7.37. The first-order valence-corrected chi connectivity index (χ1v) is 8.13. The van der Waals surface area contributed by atoms with E-state index in [1.807, 2.05) is 6.07 Å². The molecule has 1 aliphatic rings. The van der Waals surface area contributed by atoms with Crippen LogP contribution in [0.2, 0.25) is 10.0 Å². The fourth-order valence-electron chi connectivity index (χ4n) is 3.00. The molecule has 0 atom stereocenters. The summed E-state index contributed by atoms with van der Waals surface area (Å²) in [6.07, 6.45) is 4.23. The van der Waals surface area contributed by atoms with Gasteiger partial charge in [0.2, 0.25) is 5.91 Å². The lowest BCUT2D eigenvalue weighted by Crippen LogP contribution is -2.47. The normalized spacial score (nSPS) is 16.5. The number of aliphatic carboxylic acids is 1. The molecule has 22 heavy (non-hydrogen) atoms. The third-order valence-electron chi connectivity index (χ3n) is 4.08. The van der Waals surface area contributed by atoms with Crippen molar-refractivity contribution in [2.45, 2.75) is 50.5 Å². The number of carboxylic acids is 1. The van der Waals surface area contributed by atoms with Gasteiger partial charge in [-0.25, -0.2) is 0 Å². The van der Waals surface area contributed by atoms with Gasteiger partial charge >= 0.3 is 5.97 Å². The maximum atomic E-state index is 12.1. The van der Waals surface area contributed by atoms with Crippen molar-refractivity contribution in [1.82, 2.24) is 5.32 Å². The van der Waals surface area contributed by atoms with Crippen molar-refractivity contribution in [3.63, 3.8) is 0 Å². The summed E-state index contributed by atoms with van der Waals surface area (Å²) in [5.41, 5.74) is 0.365. The first kappa shape index (κ1) is 17.1. The summed E-state index contributed by atoms with van der Waals surface area (Å²) in [4.78, 5) is 23.2. The maximum absolute atomic E-state index is 12.1. The van der Waals surface area contributed by atoms with Gasteiger partial charge in [0.05, 0.1) is 22.0 Å². The van der Waals surface area contributed by atoms with Crippen molar-refractivity contribution in [1.29, 1.82) is 0 Å². The third kappa shape index (κ3) is 4.62. The van der Waals surface area contributed by atoms with Gasteiger partial charge in [-0.05, 0) is 37.0 Å². The average molecular weight is 344 g/mol. The van der Waals surface area contributed by atoms with Crippen LogP contribution in [0, 0.1) is 0 Å². The largest absolute Gasteiger partial charge is 0.481 e. The van der Waals surface area contributed by atoms with Gasteiger partial charge in [0.25, 0.3) is 0 Å². The Kier molecular flexibility index (Phi) is 5.70. The standard InChI is InChI=1S/C16H19Cl2NO3/c17-12-5-3-11(9-13(12)18)4-6-14(20)19-16(10-15(21)22)7-1-2-8-16/h3,5,9H,1-2,4,6-8,10H2,(H,19,20)(H,21,22). The Morgan fingerprint density at radius 3 is 2.45 bits per heavy atom. The summed E-state index contributed by atoms with van der Waals surface area (Å²) >= 11 is 11.8. The molecular formula is C16H19Cl2NO3. The highest BCUT2D eigenvalue weighted by atomic mass is 35.5. The lowest BCUT2D eigenvalue weighted by Gasteiger charge is -2.28. The molecule has 6 heteroatoms. The number of amides is 1. The van der Waals surface area contributed by atoms with Crippen molar-refractivity contribution < 1.29 is 14.7 Å². The molecule has 0 unspecified atom stereocenters. The summed E-state index contributed by atoms with van der Waals surface area (Å²) in [5, 5.41) is 12.9.